The van der Waals surface area contributed by atoms with E-state index in [0.717, 1.165) is 17.0 Å². The molecule has 0 aromatic heterocycles. The molecule has 39 heavy (non-hydrogen) atoms. The van der Waals surface area contributed by atoms with Crippen LogP contribution < -0.4 is 14.2 Å². The van der Waals surface area contributed by atoms with Gasteiger partial charge in [-0.2, -0.15) is 13.2 Å². The molecule has 1 aliphatic heterocycles. The van der Waals surface area contributed by atoms with Gasteiger partial charge in [0.2, 0.25) is 0 Å². The van der Waals surface area contributed by atoms with E-state index in [9.17, 15) is 27.9 Å². The summed E-state index contributed by atoms with van der Waals surface area (Å²) < 4.78 is 55.9. The van der Waals surface area contributed by atoms with Gasteiger partial charge in [-0.1, -0.05) is 35.9 Å². The van der Waals surface area contributed by atoms with Gasteiger partial charge in [-0.3, -0.25) is 9.59 Å². The Morgan fingerprint density at radius 2 is 1.64 bits per heavy atom. The smallest absolute Gasteiger partial charge is 0.416 e. The second-order valence-corrected chi connectivity index (χ2v) is 9.00. The Labute approximate surface area is 227 Å². The first kappa shape index (κ1) is 27.8. The van der Waals surface area contributed by atoms with Crippen molar-refractivity contribution in [2.75, 3.05) is 21.3 Å². The number of nitrogens with zero attached hydrogens (tertiary/aromatic N) is 1. The molecule has 204 valence electrons. The minimum atomic E-state index is -4.60. The Bertz CT molecular complexity index is 1470. The topological polar surface area (TPSA) is 85.3 Å². The van der Waals surface area contributed by atoms with E-state index in [-0.39, 0.29) is 39.8 Å². The quantitative estimate of drug-likeness (QED) is 0.216. The van der Waals surface area contributed by atoms with Gasteiger partial charge in [0.05, 0.1) is 49.1 Å². The number of hydrogen-bond donors (Lipinski definition) is 1. The first-order valence-corrected chi connectivity index (χ1v) is 11.9. The predicted molar refractivity (Wildman–Crippen MR) is 137 cm³/mol. The van der Waals surface area contributed by atoms with E-state index in [0.29, 0.717) is 11.3 Å². The Kier molecular flexibility index (Phi) is 7.78. The van der Waals surface area contributed by atoms with Gasteiger partial charge in [0.15, 0.2) is 0 Å². The normalized spacial score (nSPS) is 16.9. The molecule has 1 N–H and O–H groups in total. The van der Waals surface area contributed by atoms with E-state index < -0.39 is 35.2 Å². The zero-order chi connectivity index (χ0) is 28.5. The van der Waals surface area contributed by atoms with Gasteiger partial charge in [-0.25, -0.2) is 0 Å². The van der Waals surface area contributed by atoms with E-state index in [1.54, 1.807) is 24.3 Å². The van der Waals surface area contributed by atoms with Gasteiger partial charge < -0.3 is 24.2 Å². The Morgan fingerprint density at radius 1 is 0.949 bits per heavy atom. The summed E-state index contributed by atoms with van der Waals surface area (Å²) >= 11 is 6.19. The molecule has 3 aromatic rings. The van der Waals surface area contributed by atoms with E-state index in [1.807, 2.05) is 0 Å². The van der Waals surface area contributed by atoms with Crippen LogP contribution in [0.3, 0.4) is 0 Å². The van der Waals surface area contributed by atoms with Crippen LogP contribution in [0.15, 0.2) is 66.2 Å². The lowest BCUT2D eigenvalue weighted by molar-refractivity contribution is -0.140. The van der Waals surface area contributed by atoms with E-state index >= 15 is 0 Å². The second kappa shape index (κ2) is 10.9. The minimum Gasteiger partial charge on any atom is -0.507 e. The van der Waals surface area contributed by atoms with Gasteiger partial charge in [0, 0.05) is 12.6 Å². The van der Waals surface area contributed by atoms with Crippen LogP contribution in [0.5, 0.6) is 17.2 Å². The second-order valence-electron chi connectivity index (χ2n) is 8.59. The number of methoxy groups -OCH3 is 3. The molecular weight excluding hydrogens is 539 g/mol. The van der Waals surface area contributed by atoms with Crippen molar-refractivity contribution in [2.45, 2.75) is 18.8 Å². The molecule has 0 spiro atoms. The average molecular weight is 562 g/mol. The lowest BCUT2D eigenvalue weighted by atomic mass is 9.94. The Balaban J connectivity index is 1.92. The minimum absolute atomic E-state index is 0.0312. The van der Waals surface area contributed by atoms with Crippen molar-refractivity contribution in [3.63, 3.8) is 0 Å². The van der Waals surface area contributed by atoms with E-state index in [2.05, 4.69) is 0 Å². The number of alkyl halides is 3. The molecule has 1 aliphatic rings. The molecule has 0 radical (unpaired) electrons. The summed E-state index contributed by atoms with van der Waals surface area (Å²) in [6.07, 6.45) is -4.60. The van der Waals surface area contributed by atoms with Crippen molar-refractivity contribution >= 4 is 29.1 Å². The zero-order valence-electron chi connectivity index (χ0n) is 21.0. The molecule has 0 bridgehead atoms. The summed E-state index contributed by atoms with van der Waals surface area (Å²) in [6.45, 7) is -0.339. The van der Waals surface area contributed by atoms with E-state index in [4.69, 9.17) is 25.8 Å². The number of carbonyl (C=O) groups is 2. The number of carbonyl (C=O) groups excluding carboxylic acids is 2. The van der Waals surface area contributed by atoms with Crippen LogP contribution in [0.25, 0.3) is 5.76 Å². The monoisotopic (exact) mass is 561 g/mol. The largest absolute Gasteiger partial charge is 0.507 e. The number of halogens is 4. The fraction of sp³-hybridized carbons (Fsp3) is 0.214. The molecule has 1 unspecified atom stereocenters. The van der Waals surface area contributed by atoms with Gasteiger partial charge in [-0.05, 0) is 41.5 Å². The van der Waals surface area contributed by atoms with Crippen molar-refractivity contribution in [3.05, 3.63) is 93.5 Å². The Morgan fingerprint density at radius 3 is 2.28 bits per heavy atom. The number of aliphatic hydroxyl groups excluding tert-OH is 1. The third-order valence-corrected chi connectivity index (χ3v) is 6.58. The number of ether oxygens (including phenoxy) is 3. The summed E-state index contributed by atoms with van der Waals surface area (Å²) in [5, 5.41) is 11.6. The molecule has 1 atom stereocenters. The van der Waals surface area contributed by atoms with Crippen LogP contribution in [0.1, 0.15) is 28.3 Å². The van der Waals surface area contributed by atoms with Gasteiger partial charge >= 0.3 is 6.18 Å². The van der Waals surface area contributed by atoms with Crippen molar-refractivity contribution in [1.29, 1.82) is 0 Å². The van der Waals surface area contributed by atoms with Crippen molar-refractivity contribution < 1.29 is 42.1 Å². The van der Waals surface area contributed by atoms with Crippen LogP contribution in [0.2, 0.25) is 5.02 Å². The number of hydrogen-bond acceptors (Lipinski definition) is 6. The van der Waals surface area contributed by atoms with Crippen LogP contribution in [0, 0.1) is 0 Å². The van der Waals surface area contributed by atoms with Crippen LogP contribution >= 0.6 is 11.6 Å². The van der Waals surface area contributed by atoms with Crippen molar-refractivity contribution in [3.8, 4) is 17.2 Å². The molecule has 11 heteroatoms. The zero-order valence-corrected chi connectivity index (χ0v) is 21.8. The number of likely N-dealkylation sites (tertiary alicyclic amines) is 1. The third-order valence-electron chi connectivity index (χ3n) is 6.29. The van der Waals surface area contributed by atoms with Crippen LogP contribution in [-0.4, -0.2) is 43.0 Å². The molecule has 1 heterocycles. The molecule has 4 rings (SSSR count). The summed E-state index contributed by atoms with van der Waals surface area (Å²) in [5.74, 6) is -1.91. The highest BCUT2D eigenvalue weighted by Crippen LogP contribution is 2.44. The number of ketones is 1. The lowest BCUT2D eigenvalue weighted by Gasteiger charge is -2.26. The highest BCUT2D eigenvalue weighted by molar-refractivity contribution is 6.46. The molecule has 7 nitrogen and oxygen atoms in total. The maximum absolute atomic E-state index is 13.4. The summed E-state index contributed by atoms with van der Waals surface area (Å²) in [7, 11) is 4.13. The van der Waals surface area contributed by atoms with Gasteiger partial charge in [0.25, 0.3) is 11.7 Å². The number of benzene rings is 3. The summed E-state index contributed by atoms with van der Waals surface area (Å²) in [4.78, 5) is 27.8. The fourth-order valence-electron chi connectivity index (χ4n) is 4.43. The maximum atomic E-state index is 13.4. The van der Waals surface area contributed by atoms with Crippen molar-refractivity contribution in [2.24, 2.45) is 0 Å². The fourth-order valence-corrected chi connectivity index (χ4v) is 4.67. The number of rotatable bonds is 7. The molecule has 1 amide bonds. The summed E-state index contributed by atoms with van der Waals surface area (Å²) in [5.41, 5.74) is -0.619. The number of amides is 1. The summed E-state index contributed by atoms with van der Waals surface area (Å²) in [6, 6.07) is 12.5. The molecule has 1 fully saturated rings. The Hall–Kier alpha value is -4.18. The standard InChI is InChI=1S/C28H23ClF3NO6/c1-37-18-9-5-7-16(11-18)24-23(25(34)19-12-22(39-3)20(29)13-21(19)38-2)26(35)27(36)33(24)14-15-6-4-8-17(10-15)28(30,31)32/h4-13,24,34H,14H2,1-3H3/b25-23+. The van der Waals surface area contributed by atoms with Crippen molar-refractivity contribution in [1.82, 2.24) is 4.90 Å². The average Bonchev–Trinajstić information content (AvgIpc) is 3.17. The third kappa shape index (κ3) is 5.37. The number of aliphatic hydroxyl groups is 1. The SMILES string of the molecule is COc1cccc(C2/C(=C(\O)c3cc(OC)c(Cl)cc3OC)C(=O)C(=O)N2Cc2cccc(C(F)(F)F)c2)c1. The van der Waals surface area contributed by atoms with Crippen LogP contribution in [-0.2, 0) is 22.3 Å². The van der Waals surface area contributed by atoms with Crippen LogP contribution in [0.4, 0.5) is 13.2 Å². The lowest BCUT2D eigenvalue weighted by Crippen LogP contribution is -2.29. The first-order chi connectivity index (χ1) is 18.5. The van der Waals surface area contributed by atoms with Gasteiger partial charge in [0.1, 0.15) is 23.0 Å². The molecule has 0 aliphatic carbocycles. The van der Waals surface area contributed by atoms with Gasteiger partial charge in [-0.15, -0.1) is 0 Å². The van der Waals surface area contributed by atoms with E-state index in [1.165, 1.54) is 45.6 Å². The highest BCUT2D eigenvalue weighted by Gasteiger charge is 2.46. The molecule has 3 aromatic carbocycles. The predicted octanol–water partition coefficient (Wildman–Crippen LogP) is 6.01. The number of Topliss-reactive ketones (excluding diaryl/α,β-unsaturated/α-hetero) is 1. The molecule has 0 saturated carbocycles. The maximum Gasteiger partial charge on any atom is 0.416 e. The highest BCUT2D eigenvalue weighted by atomic mass is 35.5. The first-order valence-electron chi connectivity index (χ1n) is 11.5. The molecule has 1 saturated heterocycles. The molecular formula is C28H23ClF3NO6.